The van der Waals surface area contributed by atoms with Crippen molar-refractivity contribution in [3.63, 3.8) is 0 Å². The lowest BCUT2D eigenvalue weighted by Gasteiger charge is -2.12. The number of rotatable bonds is 7. The van der Waals surface area contributed by atoms with Crippen molar-refractivity contribution in [2.45, 2.75) is 19.8 Å². The van der Waals surface area contributed by atoms with Gasteiger partial charge in [0.05, 0.1) is 23.8 Å². The highest BCUT2D eigenvalue weighted by molar-refractivity contribution is 6.37. The molecule has 0 saturated heterocycles. The fourth-order valence-electron chi connectivity index (χ4n) is 2.03. The van der Waals surface area contributed by atoms with E-state index >= 15 is 0 Å². The molecule has 2 aromatic carbocycles. The summed E-state index contributed by atoms with van der Waals surface area (Å²) in [7, 11) is 1.59. The molecule has 0 spiro atoms. The van der Waals surface area contributed by atoms with Gasteiger partial charge in [-0.3, -0.25) is 4.79 Å². The normalized spacial score (nSPS) is 10.3. The minimum atomic E-state index is -0.302. The van der Waals surface area contributed by atoms with E-state index < -0.39 is 0 Å². The van der Waals surface area contributed by atoms with Gasteiger partial charge in [-0.15, -0.1) is 0 Å². The van der Waals surface area contributed by atoms with E-state index in [9.17, 15) is 4.79 Å². The minimum Gasteiger partial charge on any atom is -0.497 e. The average Bonchev–Trinajstić information content (AvgIpc) is 2.58. The molecule has 2 aromatic rings. The van der Waals surface area contributed by atoms with Crippen molar-refractivity contribution in [2.75, 3.05) is 19.0 Å². The Morgan fingerprint density at radius 2 is 1.75 bits per heavy atom. The standard InChI is InChI=1S/C18H19Cl2NO3/c1-3-4-9-24-17-15(19)10-12(11-16(17)20)18(22)21-13-5-7-14(23-2)8-6-13/h5-8,10-11H,3-4,9H2,1-2H3,(H,21,22). The van der Waals surface area contributed by atoms with Crippen molar-refractivity contribution in [3.05, 3.63) is 52.0 Å². The average molecular weight is 368 g/mol. The van der Waals surface area contributed by atoms with Crippen molar-refractivity contribution in [1.29, 1.82) is 0 Å². The summed E-state index contributed by atoms with van der Waals surface area (Å²) in [6.07, 6.45) is 1.92. The van der Waals surface area contributed by atoms with Crippen LogP contribution in [-0.2, 0) is 0 Å². The van der Waals surface area contributed by atoms with Gasteiger partial charge in [-0.1, -0.05) is 36.5 Å². The van der Waals surface area contributed by atoms with Crippen molar-refractivity contribution >= 4 is 34.8 Å². The molecule has 0 bridgehead atoms. The molecule has 1 N–H and O–H groups in total. The molecule has 24 heavy (non-hydrogen) atoms. The fourth-order valence-corrected chi connectivity index (χ4v) is 2.62. The van der Waals surface area contributed by atoms with Crippen molar-refractivity contribution in [1.82, 2.24) is 0 Å². The summed E-state index contributed by atoms with van der Waals surface area (Å²) >= 11 is 12.4. The highest BCUT2D eigenvalue weighted by Crippen LogP contribution is 2.34. The lowest BCUT2D eigenvalue weighted by molar-refractivity contribution is 0.102. The van der Waals surface area contributed by atoms with E-state index in [1.54, 1.807) is 43.5 Å². The number of nitrogens with one attached hydrogen (secondary N) is 1. The summed E-state index contributed by atoms with van der Waals surface area (Å²) in [6.45, 7) is 2.60. The Balaban J connectivity index is 2.11. The first kappa shape index (κ1) is 18.4. The third-order valence-corrected chi connectivity index (χ3v) is 3.91. The zero-order valence-electron chi connectivity index (χ0n) is 13.6. The van der Waals surface area contributed by atoms with E-state index in [0.29, 0.717) is 39.4 Å². The van der Waals surface area contributed by atoms with E-state index in [1.165, 1.54) is 0 Å². The monoisotopic (exact) mass is 367 g/mol. The Kier molecular flexibility index (Phi) is 6.76. The van der Waals surface area contributed by atoms with Crippen LogP contribution in [0, 0.1) is 0 Å². The summed E-state index contributed by atoms with van der Waals surface area (Å²) in [5.74, 6) is 0.824. The topological polar surface area (TPSA) is 47.6 Å². The van der Waals surface area contributed by atoms with Crippen molar-refractivity contribution in [2.24, 2.45) is 0 Å². The molecule has 0 aliphatic heterocycles. The predicted molar refractivity (Wildman–Crippen MR) is 97.8 cm³/mol. The molecule has 0 aromatic heterocycles. The zero-order valence-corrected chi connectivity index (χ0v) is 15.1. The molecule has 0 saturated carbocycles. The summed E-state index contributed by atoms with van der Waals surface area (Å²) < 4.78 is 10.7. The van der Waals surface area contributed by atoms with E-state index in [4.69, 9.17) is 32.7 Å². The maximum absolute atomic E-state index is 12.3. The number of halogens is 2. The van der Waals surface area contributed by atoms with Gasteiger partial charge in [0.25, 0.3) is 5.91 Å². The zero-order chi connectivity index (χ0) is 17.5. The number of anilines is 1. The Morgan fingerprint density at radius 1 is 1.12 bits per heavy atom. The molecule has 4 nitrogen and oxygen atoms in total. The largest absolute Gasteiger partial charge is 0.497 e. The van der Waals surface area contributed by atoms with Crippen LogP contribution in [0.25, 0.3) is 0 Å². The van der Waals surface area contributed by atoms with Gasteiger partial charge in [0.2, 0.25) is 0 Å². The Labute approximate surface area is 151 Å². The van der Waals surface area contributed by atoms with Crippen LogP contribution in [0.4, 0.5) is 5.69 Å². The van der Waals surface area contributed by atoms with Crippen LogP contribution in [0.5, 0.6) is 11.5 Å². The van der Waals surface area contributed by atoms with Gasteiger partial charge in [0, 0.05) is 11.3 Å². The maximum Gasteiger partial charge on any atom is 0.255 e. The smallest absolute Gasteiger partial charge is 0.255 e. The molecule has 0 fully saturated rings. The Hall–Kier alpha value is -1.91. The molecule has 0 heterocycles. The molecule has 0 radical (unpaired) electrons. The molecule has 0 aliphatic rings. The summed E-state index contributed by atoms with van der Waals surface area (Å²) in [6, 6.07) is 10.1. The predicted octanol–water partition coefficient (Wildman–Crippen LogP) is 5.43. The van der Waals surface area contributed by atoms with Gasteiger partial charge in [-0.05, 0) is 42.8 Å². The first-order valence-corrected chi connectivity index (χ1v) is 8.38. The van der Waals surface area contributed by atoms with Crippen molar-refractivity contribution < 1.29 is 14.3 Å². The Bertz CT molecular complexity index is 679. The summed E-state index contributed by atoms with van der Waals surface area (Å²) in [5, 5.41) is 3.42. The van der Waals surface area contributed by atoms with Crippen LogP contribution >= 0.6 is 23.2 Å². The van der Waals surface area contributed by atoms with Crippen LogP contribution in [0.2, 0.25) is 10.0 Å². The number of carbonyl (C=O) groups excluding carboxylic acids is 1. The van der Waals surface area contributed by atoms with Gasteiger partial charge in [0.15, 0.2) is 5.75 Å². The van der Waals surface area contributed by atoms with Crippen LogP contribution in [0.1, 0.15) is 30.1 Å². The summed E-state index contributed by atoms with van der Waals surface area (Å²) in [4.78, 5) is 12.3. The number of methoxy groups -OCH3 is 1. The first-order valence-electron chi connectivity index (χ1n) is 7.62. The third kappa shape index (κ3) is 4.79. The molecule has 0 aliphatic carbocycles. The second-order valence-electron chi connectivity index (χ2n) is 5.15. The quantitative estimate of drug-likeness (QED) is 0.663. The molecule has 6 heteroatoms. The van der Waals surface area contributed by atoms with Crippen LogP contribution in [0.15, 0.2) is 36.4 Å². The van der Waals surface area contributed by atoms with Gasteiger partial charge in [-0.2, -0.15) is 0 Å². The molecule has 128 valence electrons. The highest BCUT2D eigenvalue weighted by Gasteiger charge is 2.14. The second-order valence-corrected chi connectivity index (χ2v) is 5.97. The molecule has 2 rings (SSSR count). The number of unbranched alkanes of at least 4 members (excludes halogenated alkanes) is 1. The molecular formula is C18H19Cl2NO3. The lowest BCUT2D eigenvalue weighted by Crippen LogP contribution is -2.12. The number of hydrogen-bond donors (Lipinski definition) is 1. The summed E-state index contributed by atoms with van der Waals surface area (Å²) in [5.41, 5.74) is 1.01. The van der Waals surface area contributed by atoms with Gasteiger partial charge in [-0.25, -0.2) is 0 Å². The van der Waals surface area contributed by atoms with Gasteiger partial charge >= 0.3 is 0 Å². The van der Waals surface area contributed by atoms with Crippen LogP contribution < -0.4 is 14.8 Å². The second kappa shape index (κ2) is 8.81. The van der Waals surface area contributed by atoms with Gasteiger partial charge < -0.3 is 14.8 Å². The molecular weight excluding hydrogens is 349 g/mol. The Morgan fingerprint density at radius 3 is 2.29 bits per heavy atom. The first-order chi connectivity index (χ1) is 11.5. The van der Waals surface area contributed by atoms with Gasteiger partial charge in [0.1, 0.15) is 5.75 Å². The fraction of sp³-hybridized carbons (Fsp3) is 0.278. The molecule has 1 amide bonds. The minimum absolute atomic E-state index is 0.302. The van der Waals surface area contributed by atoms with E-state index in [-0.39, 0.29) is 5.91 Å². The number of ether oxygens (including phenoxy) is 2. The van der Waals surface area contributed by atoms with Crippen LogP contribution in [-0.4, -0.2) is 19.6 Å². The lowest BCUT2D eigenvalue weighted by atomic mass is 10.2. The van der Waals surface area contributed by atoms with E-state index in [2.05, 4.69) is 12.2 Å². The maximum atomic E-state index is 12.3. The SMILES string of the molecule is CCCCOc1c(Cl)cc(C(=O)Nc2ccc(OC)cc2)cc1Cl. The highest BCUT2D eigenvalue weighted by atomic mass is 35.5. The number of hydrogen-bond acceptors (Lipinski definition) is 3. The van der Waals surface area contributed by atoms with Crippen molar-refractivity contribution in [3.8, 4) is 11.5 Å². The van der Waals surface area contributed by atoms with E-state index in [0.717, 1.165) is 12.8 Å². The molecule has 0 atom stereocenters. The van der Waals surface area contributed by atoms with Crippen LogP contribution in [0.3, 0.4) is 0 Å². The third-order valence-electron chi connectivity index (χ3n) is 3.35. The number of benzene rings is 2. The molecule has 0 unspecified atom stereocenters. The number of amides is 1. The number of carbonyl (C=O) groups is 1. The van der Waals surface area contributed by atoms with E-state index in [1.807, 2.05) is 0 Å².